The molecule has 0 saturated heterocycles. The minimum Gasteiger partial charge on any atom is -0.438 e. The minimum atomic E-state index is -0.981. The van der Waals surface area contributed by atoms with Crippen LogP contribution in [0, 0.1) is 5.92 Å². The second kappa shape index (κ2) is 4.28. The Balaban J connectivity index is 2.26. The summed E-state index contributed by atoms with van der Waals surface area (Å²) in [6.07, 6.45) is 2.02. The molecule has 0 spiro atoms. The molecule has 3 heteroatoms. The molecule has 1 aliphatic heterocycles. The van der Waals surface area contributed by atoms with Gasteiger partial charge in [-0.1, -0.05) is 30.3 Å². The first-order chi connectivity index (χ1) is 7.72. The van der Waals surface area contributed by atoms with Gasteiger partial charge in [-0.2, -0.15) is 0 Å². The van der Waals surface area contributed by atoms with Crippen LogP contribution in [-0.2, 0) is 14.2 Å². The summed E-state index contributed by atoms with van der Waals surface area (Å²) >= 11 is 0. The van der Waals surface area contributed by atoms with E-state index in [0.29, 0.717) is 0 Å². The number of ether oxygens (including phenoxy) is 3. The Morgan fingerprint density at radius 3 is 2.25 bits per heavy atom. The highest BCUT2D eigenvalue weighted by Crippen LogP contribution is 2.38. The van der Waals surface area contributed by atoms with Gasteiger partial charge in [0.1, 0.15) is 5.76 Å². The largest absolute Gasteiger partial charge is 0.438 e. The Morgan fingerprint density at radius 1 is 1.12 bits per heavy atom. The first kappa shape index (κ1) is 11.2. The van der Waals surface area contributed by atoms with Gasteiger partial charge in [-0.3, -0.25) is 0 Å². The molecule has 2 rings (SSSR count). The molecular weight excluding hydrogens is 204 g/mol. The van der Waals surface area contributed by atoms with Gasteiger partial charge in [0.25, 0.3) is 0 Å². The third-order valence-corrected chi connectivity index (χ3v) is 2.84. The molecule has 86 valence electrons. The molecule has 1 aromatic rings. The maximum absolute atomic E-state index is 5.76. The molecule has 0 saturated carbocycles. The lowest BCUT2D eigenvalue weighted by molar-refractivity contribution is -0.343. The maximum atomic E-state index is 5.76. The van der Waals surface area contributed by atoms with Crippen molar-refractivity contribution in [3.8, 4) is 0 Å². The normalized spacial score (nSPS) is 22.7. The smallest absolute Gasteiger partial charge is 0.332 e. The number of rotatable bonds is 3. The third kappa shape index (κ3) is 1.72. The standard InChI is InChI=1S/C13H16O3/c1-10-9-12(11-7-5-4-6-8-11)16-13(10,14-2)15-3/h4-10H,1-3H3. The molecular formula is C13H16O3. The van der Waals surface area contributed by atoms with E-state index in [-0.39, 0.29) is 5.92 Å². The summed E-state index contributed by atoms with van der Waals surface area (Å²) in [6.45, 7) is 2.00. The number of hydrogen-bond acceptors (Lipinski definition) is 3. The van der Waals surface area contributed by atoms with E-state index >= 15 is 0 Å². The molecule has 0 amide bonds. The quantitative estimate of drug-likeness (QED) is 0.733. The molecule has 1 aliphatic rings. The molecule has 0 radical (unpaired) electrons. The topological polar surface area (TPSA) is 27.7 Å². The first-order valence-electron chi connectivity index (χ1n) is 5.28. The predicted molar refractivity (Wildman–Crippen MR) is 61.4 cm³/mol. The van der Waals surface area contributed by atoms with Crippen LogP contribution < -0.4 is 0 Å². The van der Waals surface area contributed by atoms with Gasteiger partial charge in [0.05, 0.1) is 5.92 Å². The highest BCUT2D eigenvalue weighted by atomic mass is 16.9. The van der Waals surface area contributed by atoms with E-state index in [9.17, 15) is 0 Å². The molecule has 16 heavy (non-hydrogen) atoms. The average Bonchev–Trinajstić information content (AvgIpc) is 2.68. The molecule has 3 nitrogen and oxygen atoms in total. The van der Waals surface area contributed by atoms with Crippen LogP contribution in [0.15, 0.2) is 36.4 Å². The van der Waals surface area contributed by atoms with Crippen LogP contribution in [0.4, 0.5) is 0 Å². The predicted octanol–water partition coefficient (Wildman–Crippen LogP) is 2.64. The lowest BCUT2D eigenvalue weighted by Crippen LogP contribution is -2.38. The van der Waals surface area contributed by atoms with Gasteiger partial charge in [0.15, 0.2) is 0 Å². The summed E-state index contributed by atoms with van der Waals surface area (Å²) in [5.41, 5.74) is 1.03. The van der Waals surface area contributed by atoms with Crippen LogP contribution in [0.1, 0.15) is 12.5 Å². The zero-order valence-corrected chi connectivity index (χ0v) is 9.77. The number of benzene rings is 1. The fraction of sp³-hybridized carbons (Fsp3) is 0.385. The zero-order valence-electron chi connectivity index (χ0n) is 9.77. The van der Waals surface area contributed by atoms with E-state index in [1.165, 1.54) is 0 Å². The van der Waals surface area contributed by atoms with Gasteiger partial charge in [0, 0.05) is 19.8 Å². The van der Waals surface area contributed by atoms with Crippen molar-refractivity contribution in [3.05, 3.63) is 42.0 Å². The second-order valence-electron chi connectivity index (χ2n) is 3.80. The van der Waals surface area contributed by atoms with Crippen molar-refractivity contribution in [2.24, 2.45) is 5.92 Å². The van der Waals surface area contributed by atoms with Crippen LogP contribution in [0.2, 0.25) is 0 Å². The molecule has 0 bridgehead atoms. The van der Waals surface area contributed by atoms with Gasteiger partial charge in [-0.05, 0) is 13.0 Å². The number of methoxy groups -OCH3 is 2. The number of hydrogen-bond donors (Lipinski definition) is 0. The SMILES string of the molecule is COC1(OC)OC(c2ccccc2)=CC1C. The zero-order chi connectivity index (χ0) is 11.6. The molecule has 1 heterocycles. The van der Waals surface area contributed by atoms with Crippen LogP contribution in [-0.4, -0.2) is 20.2 Å². The molecule has 1 atom stereocenters. The van der Waals surface area contributed by atoms with Crippen molar-refractivity contribution in [1.29, 1.82) is 0 Å². The van der Waals surface area contributed by atoms with Crippen LogP contribution in [0.5, 0.6) is 0 Å². The summed E-state index contributed by atoms with van der Waals surface area (Å²) in [6, 6.07) is 9.93. The van der Waals surface area contributed by atoms with Gasteiger partial charge in [-0.15, -0.1) is 0 Å². The lowest BCUT2D eigenvalue weighted by atomic mass is 10.1. The third-order valence-electron chi connectivity index (χ3n) is 2.84. The van der Waals surface area contributed by atoms with E-state index < -0.39 is 5.97 Å². The van der Waals surface area contributed by atoms with Gasteiger partial charge >= 0.3 is 5.97 Å². The van der Waals surface area contributed by atoms with E-state index in [4.69, 9.17) is 14.2 Å². The van der Waals surface area contributed by atoms with Gasteiger partial charge in [-0.25, -0.2) is 0 Å². The van der Waals surface area contributed by atoms with Gasteiger partial charge < -0.3 is 14.2 Å². The van der Waals surface area contributed by atoms with Crippen LogP contribution in [0.3, 0.4) is 0 Å². The molecule has 0 N–H and O–H groups in total. The summed E-state index contributed by atoms with van der Waals surface area (Å²) in [5.74, 6) is -0.125. The lowest BCUT2D eigenvalue weighted by Gasteiger charge is -2.29. The Kier molecular flexibility index (Phi) is 2.99. The highest BCUT2D eigenvalue weighted by molar-refractivity contribution is 5.61. The van der Waals surface area contributed by atoms with Gasteiger partial charge in [0.2, 0.25) is 0 Å². The van der Waals surface area contributed by atoms with E-state index in [1.54, 1.807) is 14.2 Å². The molecule has 0 fully saturated rings. The summed E-state index contributed by atoms with van der Waals surface area (Å²) in [4.78, 5) is 0. The second-order valence-corrected chi connectivity index (χ2v) is 3.80. The maximum Gasteiger partial charge on any atom is 0.332 e. The van der Waals surface area contributed by atoms with Crippen molar-refractivity contribution < 1.29 is 14.2 Å². The summed E-state index contributed by atoms with van der Waals surface area (Å²) in [5, 5.41) is 0. The fourth-order valence-corrected chi connectivity index (χ4v) is 1.91. The average molecular weight is 220 g/mol. The molecule has 1 aromatic carbocycles. The summed E-state index contributed by atoms with van der Waals surface area (Å²) in [7, 11) is 3.17. The summed E-state index contributed by atoms with van der Waals surface area (Å²) < 4.78 is 16.4. The van der Waals surface area contributed by atoms with Crippen molar-refractivity contribution in [2.75, 3.05) is 14.2 Å². The Bertz CT molecular complexity index is 379. The minimum absolute atomic E-state index is 0.0534. The van der Waals surface area contributed by atoms with Crippen LogP contribution in [0.25, 0.3) is 5.76 Å². The van der Waals surface area contributed by atoms with Crippen molar-refractivity contribution in [3.63, 3.8) is 0 Å². The Hall–Kier alpha value is -1.32. The molecule has 0 aromatic heterocycles. The fourth-order valence-electron chi connectivity index (χ4n) is 1.91. The van der Waals surface area contributed by atoms with E-state index in [0.717, 1.165) is 11.3 Å². The Labute approximate surface area is 95.6 Å². The first-order valence-corrected chi connectivity index (χ1v) is 5.28. The monoisotopic (exact) mass is 220 g/mol. The van der Waals surface area contributed by atoms with Crippen molar-refractivity contribution in [1.82, 2.24) is 0 Å². The highest BCUT2D eigenvalue weighted by Gasteiger charge is 2.44. The van der Waals surface area contributed by atoms with Crippen molar-refractivity contribution in [2.45, 2.75) is 12.9 Å². The van der Waals surface area contributed by atoms with Crippen LogP contribution >= 0.6 is 0 Å². The molecule has 1 unspecified atom stereocenters. The van der Waals surface area contributed by atoms with E-state index in [1.807, 2.05) is 43.3 Å². The molecule has 0 aliphatic carbocycles. The van der Waals surface area contributed by atoms with E-state index in [2.05, 4.69) is 0 Å². The Morgan fingerprint density at radius 2 is 1.75 bits per heavy atom. The van der Waals surface area contributed by atoms with Crippen molar-refractivity contribution >= 4 is 5.76 Å².